The largest absolute Gasteiger partial charge is 0.393 e. The monoisotopic (exact) mass is 246 g/mol. The molecule has 1 heterocycles. The third kappa shape index (κ3) is 2.78. The van der Waals surface area contributed by atoms with E-state index in [0.717, 1.165) is 38.4 Å². The number of anilines is 2. The van der Waals surface area contributed by atoms with Gasteiger partial charge in [-0.1, -0.05) is 12.1 Å². The van der Waals surface area contributed by atoms with Gasteiger partial charge in [0.15, 0.2) is 0 Å². The Kier molecular flexibility index (Phi) is 3.41. The van der Waals surface area contributed by atoms with E-state index in [1.165, 1.54) is 24.2 Å². The van der Waals surface area contributed by atoms with E-state index in [4.69, 9.17) is 0 Å². The summed E-state index contributed by atoms with van der Waals surface area (Å²) < 4.78 is 0. The molecule has 0 spiro atoms. The minimum atomic E-state index is -0.104. The molecule has 3 heteroatoms. The summed E-state index contributed by atoms with van der Waals surface area (Å²) in [4.78, 5) is 2.39. The quantitative estimate of drug-likeness (QED) is 0.856. The molecule has 0 amide bonds. The number of nitrogens with one attached hydrogen (secondary N) is 1. The average molecular weight is 246 g/mol. The predicted molar refractivity (Wildman–Crippen MR) is 75.1 cm³/mol. The molecule has 3 nitrogen and oxygen atoms in total. The van der Waals surface area contributed by atoms with Crippen LogP contribution in [0.4, 0.5) is 11.4 Å². The fourth-order valence-electron chi connectivity index (χ4n) is 2.58. The first kappa shape index (κ1) is 11.8. The molecule has 2 N–H and O–H groups in total. The number of piperidine rings is 1. The molecular weight excluding hydrogens is 224 g/mol. The van der Waals surface area contributed by atoms with Gasteiger partial charge in [0.25, 0.3) is 0 Å². The first-order valence-electron chi connectivity index (χ1n) is 7.09. The molecule has 0 radical (unpaired) electrons. The molecular formula is C15H22N2O. The predicted octanol–water partition coefficient (Wildman–Crippen LogP) is 2.47. The van der Waals surface area contributed by atoms with E-state index in [1.807, 2.05) is 0 Å². The van der Waals surface area contributed by atoms with Crippen LogP contribution in [0.25, 0.3) is 0 Å². The van der Waals surface area contributed by atoms with Crippen LogP contribution in [0.2, 0.25) is 0 Å². The van der Waals surface area contributed by atoms with Gasteiger partial charge in [-0.15, -0.1) is 0 Å². The summed E-state index contributed by atoms with van der Waals surface area (Å²) in [6.07, 6.45) is 4.43. The van der Waals surface area contributed by atoms with Crippen LogP contribution in [-0.4, -0.2) is 30.8 Å². The third-order valence-electron chi connectivity index (χ3n) is 3.99. The zero-order valence-corrected chi connectivity index (χ0v) is 10.8. The van der Waals surface area contributed by atoms with Crippen LogP contribution < -0.4 is 10.2 Å². The van der Waals surface area contributed by atoms with Crippen LogP contribution in [-0.2, 0) is 0 Å². The number of aliphatic hydroxyl groups excluding tert-OH is 1. The molecule has 18 heavy (non-hydrogen) atoms. The van der Waals surface area contributed by atoms with Crippen LogP contribution in [0.15, 0.2) is 24.3 Å². The number of hydrogen-bond donors (Lipinski definition) is 2. The van der Waals surface area contributed by atoms with Gasteiger partial charge in [-0.05, 0) is 43.7 Å². The van der Waals surface area contributed by atoms with Gasteiger partial charge < -0.3 is 15.3 Å². The van der Waals surface area contributed by atoms with E-state index in [2.05, 4.69) is 34.5 Å². The van der Waals surface area contributed by atoms with Crippen molar-refractivity contribution in [1.29, 1.82) is 0 Å². The highest BCUT2D eigenvalue weighted by Crippen LogP contribution is 2.32. The Morgan fingerprint density at radius 2 is 1.83 bits per heavy atom. The van der Waals surface area contributed by atoms with Gasteiger partial charge in [-0.25, -0.2) is 0 Å². The van der Waals surface area contributed by atoms with Crippen molar-refractivity contribution in [2.45, 2.75) is 31.8 Å². The molecule has 0 bridgehead atoms. The van der Waals surface area contributed by atoms with Crippen molar-refractivity contribution in [1.82, 2.24) is 0 Å². The summed E-state index contributed by atoms with van der Waals surface area (Å²) >= 11 is 0. The van der Waals surface area contributed by atoms with Crippen LogP contribution in [0, 0.1) is 5.92 Å². The lowest BCUT2D eigenvalue weighted by molar-refractivity contribution is 0.145. The maximum absolute atomic E-state index is 9.59. The van der Waals surface area contributed by atoms with Crippen LogP contribution in [0.3, 0.4) is 0 Å². The number of hydrogen-bond acceptors (Lipinski definition) is 3. The standard InChI is InChI=1S/C15H22N2O/c18-13-7-9-17(10-8-13)15-4-2-1-3-14(15)16-11-12-5-6-12/h1-4,12-13,16,18H,5-11H2. The van der Waals surface area contributed by atoms with Gasteiger partial charge in [0, 0.05) is 19.6 Å². The first-order chi connectivity index (χ1) is 8.83. The molecule has 1 saturated carbocycles. The van der Waals surface area contributed by atoms with E-state index in [1.54, 1.807) is 0 Å². The first-order valence-corrected chi connectivity index (χ1v) is 7.09. The summed E-state index contributed by atoms with van der Waals surface area (Å²) in [5.41, 5.74) is 2.55. The molecule has 0 aromatic heterocycles. The molecule has 1 aromatic rings. The van der Waals surface area contributed by atoms with Crippen molar-refractivity contribution in [3.05, 3.63) is 24.3 Å². The number of para-hydroxylation sites is 2. The van der Waals surface area contributed by atoms with E-state index >= 15 is 0 Å². The Bertz CT molecular complexity index is 395. The third-order valence-corrected chi connectivity index (χ3v) is 3.99. The highest BCUT2D eigenvalue weighted by atomic mass is 16.3. The van der Waals surface area contributed by atoms with Gasteiger partial charge >= 0.3 is 0 Å². The molecule has 0 atom stereocenters. The van der Waals surface area contributed by atoms with Crippen LogP contribution >= 0.6 is 0 Å². The lowest BCUT2D eigenvalue weighted by atomic mass is 10.1. The van der Waals surface area contributed by atoms with Gasteiger partial charge in [0.05, 0.1) is 17.5 Å². The van der Waals surface area contributed by atoms with E-state index in [-0.39, 0.29) is 6.10 Å². The summed E-state index contributed by atoms with van der Waals surface area (Å²) in [6, 6.07) is 8.55. The second kappa shape index (κ2) is 5.19. The maximum Gasteiger partial charge on any atom is 0.0602 e. The minimum Gasteiger partial charge on any atom is -0.393 e. The number of nitrogens with zero attached hydrogens (tertiary/aromatic N) is 1. The zero-order chi connectivity index (χ0) is 12.4. The van der Waals surface area contributed by atoms with Crippen molar-refractivity contribution < 1.29 is 5.11 Å². The number of rotatable bonds is 4. The van der Waals surface area contributed by atoms with Crippen molar-refractivity contribution in [3.63, 3.8) is 0 Å². The Hall–Kier alpha value is -1.22. The Labute approximate surface area is 109 Å². The average Bonchev–Trinajstić information content (AvgIpc) is 3.22. The Balaban J connectivity index is 1.69. The van der Waals surface area contributed by atoms with E-state index in [9.17, 15) is 5.11 Å². The fraction of sp³-hybridized carbons (Fsp3) is 0.600. The van der Waals surface area contributed by atoms with Crippen molar-refractivity contribution in [3.8, 4) is 0 Å². The van der Waals surface area contributed by atoms with Crippen molar-refractivity contribution in [2.75, 3.05) is 29.9 Å². The normalized spacial score (nSPS) is 21.1. The molecule has 1 aromatic carbocycles. The molecule has 2 fully saturated rings. The molecule has 1 saturated heterocycles. The Morgan fingerprint density at radius 1 is 1.11 bits per heavy atom. The molecule has 98 valence electrons. The summed E-state index contributed by atoms with van der Waals surface area (Å²) in [6.45, 7) is 3.03. The number of benzene rings is 1. The lowest BCUT2D eigenvalue weighted by Gasteiger charge is -2.33. The molecule has 2 aliphatic rings. The zero-order valence-electron chi connectivity index (χ0n) is 10.8. The minimum absolute atomic E-state index is 0.104. The summed E-state index contributed by atoms with van der Waals surface area (Å²) in [5, 5.41) is 13.2. The van der Waals surface area contributed by atoms with Crippen molar-refractivity contribution in [2.24, 2.45) is 5.92 Å². The molecule has 1 aliphatic carbocycles. The fourth-order valence-corrected chi connectivity index (χ4v) is 2.58. The van der Waals surface area contributed by atoms with Crippen LogP contribution in [0.5, 0.6) is 0 Å². The molecule has 1 aliphatic heterocycles. The second-order valence-corrected chi connectivity index (χ2v) is 5.56. The Morgan fingerprint density at radius 3 is 2.56 bits per heavy atom. The van der Waals surface area contributed by atoms with Crippen molar-refractivity contribution >= 4 is 11.4 Å². The topological polar surface area (TPSA) is 35.5 Å². The lowest BCUT2D eigenvalue weighted by Crippen LogP contribution is -2.36. The van der Waals surface area contributed by atoms with Crippen LogP contribution in [0.1, 0.15) is 25.7 Å². The van der Waals surface area contributed by atoms with E-state index < -0.39 is 0 Å². The summed E-state index contributed by atoms with van der Waals surface area (Å²) in [7, 11) is 0. The molecule has 0 unspecified atom stereocenters. The highest BCUT2D eigenvalue weighted by Gasteiger charge is 2.22. The van der Waals surface area contributed by atoms with Gasteiger partial charge in [-0.2, -0.15) is 0 Å². The second-order valence-electron chi connectivity index (χ2n) is 5.56. The maximum atomic E-state index is 9.59. The van der Waals surface area contributed by atoms with Gasteiger partial charge in [0.2, 0.25) is 0 Å². The van der Waals surface area contributed by atoms with Gasteiger partial charge in [-0.3, -0.25) is 0 Å². The van der Waals surface area contributed by atoms with Gasteiger partial charge in [0.1, 0.15) is 0 Å². The molecule has 3 rings (SSSR count). The van der Waals surface area contributed by atoms with E-state index in [0.29, 0.717) is 0 Å². The highest BCUT2D eigenvalue weighted by molar-refractivity contribution is 5.70. The summed E-state index contributed by atoms with van der Waals surface area (Å²) in [5.74, 6) is 0.890. The SMILES string of the molecule is OC1CCN(c2ccccc2NCC2CC2)CC1. The number of aliphatic hydroxyl groups is 1. The smallest absolute Gasteiger partial charge is 0.0602 e.